The molecule has 4 aromatic rings. The van der Waals surface area contributed by atoms with Gasteiger partial charge in [0, 0.05) is 12.6 Å². The Bertz CT molecular complexity index is 1190. The van der Waals surface area contributed by atoms with Gasteiger partial charge < -0.3 is 14.6 Å². The molecule has 0 aliphatic heterocycles. The molecule has 0 saturated heterocycles. The molecule has 2 aromatic carbocycles. The number of thioether (sulfide) groups is 1. The first-order valence-corrected chi connectivity index (χ1v) is 10.9. The van der Waals surface area contributed by atoms with E-state index in [1.165, 1.54) is 16.7 Å². The van der Waals surface area contributed by atoms with Crippen molar-refractivity contribution in [3.63, 3.8) is 0 Å². The van der Waals surface area contributed by atoms with Crippen molar-refractivity contribution >= 4 is 29.3 Å². The van der Waals surface area contributed by atoms with E-state index < -0.39 is 0 Å². The van der Waals surface area contributed by atoms with Gasteiger partial charge in [-0.05, 0) is 24.3 Å². The van der Waals surface area contributed by atoms with Crippen molar-refractivity contribution < 1.29 is 14.0 Å². The van der Waals surface area contributed by atoms with E-state index >= 15 is 0 Å². The Balaban J connectivity index is 1.39. The highest BCUT2D eigenvalue weighted by Gasteiger charge is 2.19. The normalized spacial score (nSPS) is 10.7. The first kappa shape index (κ1) is 21.4. The van der Waals surface area contributed by atoms with Crippen LogP contribution in [0.3, 0.4) is 0 Å². The quantitative estimate of drug-likeness (QED) is 0.399. The number of H-pyrrole nitrogens is 1. The molecule has 0 radical (unpaired) electrons. The average Bonchev–Trinajstić information content (AvgIpc) is 3.53. The smallest absolute Gasteiger partial charge is 0.253 e. The zero-order valence-electron chi connectivity index (χ0n) is 17.3. The fraction of sp³-hybridized carbons (Fsp3) is 0.130. The van der Waals surface area contributed by atoms with Crippen molar-refractivity contribution in [3.8, 4) is 11.4 Å². The van der Waals surface area contributed by atoms with Gasteiger partial charge in [0.2, 0.25) is 11.1 Å². The first-order valence-electron chi connectivity index (χ1n) is 9.88. The van der Waals surface area contributed by atoms with E-state index in [9.17, 15) is 9.59 Å². The van der Waals surface area contributed by atoms with E-state index in [1.54, 1.807) is 49.7 Å². The highest BCUT2D eigenvalue weighted by atomic mass is 32.2. The number of aromatic nitrogens is 3. The lowest BCUT2D eigenvalue weighted by atomic mass is 10.1. The van der Waals surface area contributed by atoms with Crippen LogP contribution in [-0.4, -0.2) is 39.8 Å². The van der Waals surface area contributed by atoms with Crippen LogP contribution in [0.2, 0.25) is 0 Å². The van der Waals surface area contributed by atoms with E-state index in [1.807, 2.05) is 30.3 Å². The summed E-state index contributed by atoms with van der Waals surface area (Å²) in [5.74, 6) is 0.967. The summed E-state index contributed by atoms with van der Waals surface area (Å²) in [4.78, 5) is 31.4. The lowest BCUT2D eigenvalue weighted by Crippen LogP contribution is -2.31. The van der Waals surface area contributed by atoms with Gasteiger partial charge in [-0.3, -0.25) is 14.7 Å². The number of aromatic amines is 1. The lowest BCUT2D eigenvalue weighted by molar-refractivity contribution is -0.115. The van der Waals surface area contributed by atoms with Gasteiger partial charge in [-0.1, -0.05) is 54.2 Å². The molecular formula is C23H21N5O3S. The predicted octanol–water partition coefficient (Wildman–Crippen LogP) is 3.75. The SMILES string of the molecule is CN(C(=O)CSc1n[nH]c(-c2ccccc2)n1)c1ccccc1C(=O)NCc1ccco1. The van der Waals surface area contributed by atoms with E-state index in [2.05, 4.69) is 20.5 Å². The second-order valence-corrected chi connectivity index (χ2v) is 7.80. The fourth-order valence-corrected chi connectivity index (χ4v) is 3.74. The van der Waals surface area contributed by atoms with E-state index in [0.717, 1.165) is 5.56 Å². The fourth-order valence-electron chi connectivity index (χ4n) is 3.03. The maximum Gasteiger partial charge on any atom is 0.253 e. The Morgan fingerprint density at radius 1 is 1.06 bits per heavy atom. The molecule has 0 spiro atoms. The molecule has 0 fully saturated rings. The minimum absolute atomic E-state index is 0.130. The molecule has 2 aromatic heterocycles. The van der Waals surface area contributed by atoms with Gasteiger partial charge in [0.1, 0.15) is 5.76 Å². The van der Waals surface area contributed by atoms with Gasteiger partial charge in [0.25, 0.3) is 5.91 Å². The number of benzene rings is 2. The molecule has 8 nitrogen and oxygen atoms in total. The number of nitrogens with one attached hydrogen (secondary N) is 2. The largest absolute Gasteiger partial charge is 0.467 e. The molecule has 2 heterocycles. The monoisotopic (exact) mass is 447 g/mol. The molecule has 162 valence electrons. The number of hydrogen-bond acceptors (Lipinski definition) is 6. The Morgan fingerprint density at radius 3 is 2.62 bits per heavy atom. The molecule has 9 heteroatoms. The molecule has 32 heavy (non-hydrogen) atoms. The van der Waals surface area contributed by atoms with Crippen LogP contribution < -0.4 is 10.2 Å². The van der Waals surface area contributed by atoms with E-state index in [0.29, 0.717) is 28.0 Å². The molecule has 2 N–H and O–H groups in total. The number of furan rings is 1. The maximum absolute atomic E-state index is 12.8. The molecule has 0 unspecified atom stereocenters. The van der Waals surface area contributed by atoms with Crippen LogP contribution in [0.4, 0.5) is 5.69 Å². The third-order valence-electron chi connectivity index (χ3n) is 4.72. The minimum atomic E-state index is -0.286. The van der Waals surface area contributed by atoms with Gasteiger partial charge >= 0.3 is 0 Å². The molecule has 0 aliphatic rings. The lowest BCUT2D eigenvalue weighted by Gasteiger charge is -2.20. The molecule has 0 aliphatic carbocycles. The zero-order valence-corrected chi connectivity index (χ0v) is 18.1. The van der Waals surface area contributed by atoms with Gasteiger partial charge in [0.15, 0.2) is 5.82 Å². The summed E-state index contributed by atoms with van der Waals surface area (Å²) in [5, 5.41) is 10.4. The van der Waals surface area contributed by atoms with Crippen molar-refractivity contribution in [3.05, 3.63) is 84.3 Å². The topological polar surface area (TPSA) is 104 Å². The van der Waals surface area contributed by atoms with Gasteiger partial charge in [0.05, 0.1) is 29.8 Å². The molecule has 2 amide bonds. The molecule has 0 bridgehead atoms. The highest BCUT2D eigenvalue weighted by Crippen LogP contribution is 2.23. The van der Waals surface area contributed by atoms with Crippen molar-refractivity contribution in [2.75, 3.05) is 17.7 Å². The van der Waals surface area contributed by atoms with Crippen LogP contribution in [-0.2, 0) is 11.3 Å². The number of amides is 2. The van der Waals surface area contributed by atoms with Gasteiger partial charge in [-0.2, -0.15) is 0 Å². The zero-order chi connectivity index (χ0) is 22.3. The Hall–Kier alpha value is -3.85. The van der Waals surface area contributed by atoms with Crippen LogP contribution in [0.5, 0.6) is 0 Å². The highest BCUT2D eigenvalue weighted by molar-refractivity contribution is 7.99. The standard InChI is InChI=1S/C23H21N5O3S/c1-28(19-12-6-5-11-18(19)22(30)24-14-17-10-7-13-31-17)20(29)15-32-23-25-21(26-27-23)16-8-3-2-4-9-16/h2-13H,14-15H2,1H3,(H,24,30)(H,25,26,27). The van der Waals surface area contributed by atoms with Crippen molar-refractivity contribution in [2.45, 2.75) is 11.7 Å². The number of carbonyl (C=O) groups excluding carboxylic acids is 2. The number of anilines is 1. The third kappa shape index (κ3) is 5.06. The van der Waals surface area contributed by atoms with Crippen LogP contribution in [0.1, 0.15) is 16.1 Å². The van der Waals surface area contributed by atoms with Crippen molar-refractivity contribution in [1.82, 2.24) is 20.5 Å². The molecular weight excluding hydrogens is 426 g/mol. The second-order valence-electron chi connectivity index (χ2n) is 6.85. The Morgan fingerprint density at radius 2 is 1.84 bits per heavy atom. The van der Waals surface area contributed by atoms with Crippen molar-refractivity contribution in [2.24, 2.45) is 0 Å². The van der Waals surface area contributed by atoms with E-state index in [-0.39, 0.29) is 24.1 Å². The minimum Gasteiger partial charge on any atom is -0.467 e. The Labute approximate surface area is 189 Å². The number of hydrogen-bond donors (Lipinski definition) is 2. The summed E-state index contributed by atoms with van der Waals surface area (Å²) in [6, 6.07) is 20.2. The summed E-state index contributed by atoms with van der Waals surface area (Å²) >= 11 is 1.23. The number of para-hydroxylation sites is 1. The molecule has 0 atom stereocenters. The molecule has 4 rings (SSSR count). The molecule has 0 saturated carbocycles. The predicted molar refractivity (Wildman–Crippen MR) is 122 cm³/mol. The summed E-state index contributed by atoms with van der Waals surface area (Å²) in [7, 11) is 1.65. The van der Waals surface area contributed by atoms with Crippen LogP contribution in [0.15, 0.2) is 82.6 Å². The summed E-state index contributed by atoms with van der Waals surface area (Å²) < 4.78 is 5.24. The first-order chi connectivity index (χ1) is 15.6. The average molecular weight is 448 g/mol. The third-order valence-corrected chi connectivity index (χ3v) is 5.56. The second kappa shape index (κ2) is 9.97. The number of carbonyl (C=O) groups is 2. The number of rotatable bonds is 8. The van der Waals surface area contributed by atoms with Gasteiger partial charge in [-0.25, -0.2) is 4.98 Å². The Kier molecular flexibility index (Phi) is 6.66. The van der Waals surface area contributed by atoms with Crippen LogP contribution in [0.25, 0.3) is 11.4 Å². The summed E-state index contributed by atoms with van der Waals surface area (Å²) in [6.07, 6.45) is 1.55. The summed E-state index contributed by atoms with van der Waals surface area (Å²) in [6.45, 7) is 0.266. The summed E-state index contributed by atoms with van der Waals surface area (Å²) in [5.41, 5.74) is 1.85. The van der Waals surface area contributed by atoms with E-state index in [4.69, 9.17) is 4.42 Å². The van der Waals surface area contributed by atoms with Gasteiger partial charge in [-0.15, -0.1) is 5.10 Å². The maximum atomic E-state index is 12.8. The van der Waals surface area contributed by atoms with Crippen LogP contribution >= 0.6 is 11.8 Å². The van der Waals surface area contributed by atoms with Crippen molar-refractivity contribution in [1.29, 1.82) is 0 Å². The number of nitrogens with zero attached hydrogens (tertiary/aromatic N) is 3. The van der Waals surface area contributed by atoms with Crippen LogP contribution in [0, 0.1) is 0 Å².